The van der Waals surface area contributed by atoms with E-state index in [1.165, 1.54) is 0 Å². The zero-order valence-electron chi connectivity index (χ0n) is 10.9. The van der Waals surface area contributed by atoms with Gasteiger partial charge in [-0.15, -0.1) is 0 Å². The topological polar surface area (TPSA) is 80.0 Å². The van der Waals surface area contributed by atoms with Gasteiger partial charge in [0.05, 0.1) is 12.5 Å². The van der Waals surface area contributed by atoms with Gasteiger partial charge in [0.1, 0.15) is 0 Å². The third-order valence-corrected chi connectivity index (χ3v) is 2.97. The summed E-state index contributed by atoms with van der Waals surface area (Å²) in [4.78, 5) is 15.9. The summed E-state index contributed by atoms with van der Waals surface area (Å²) >= 11 is 0. The number of amides is 1. The molecule has 1 unspecified atom stereocenters. The number of hydrogen-bond donors (Lipinski definition) is 2. The van der Waals surface area contributed by atoms with Gasteiger partial charge in [0.25, 0.3) is 0 Å². The summed E-state index contributed by atoms with van der Waals surface area (Å²) in [6.07, 6.45) is 2.33. The summed E-state index contributed by atoms with van der Waals surface area (Å²) < 4.78 is 5.17. The molecule has 0 radical (unpaired) electrons. The van der Waals surface area contributed by atoms with E-state index in [9.17, 15) is 4.79 Å². The van der Waals surface area contributed by atoms with Gasteiger partial charge in [0.2, 0.25) is 11.8 Å². The standard InChI is InChI=1S/C12H20N4O2/c1-8(2)3-4-10-15-11(18-16-10)7-9-12(17)14-6-5-13-9/h8-9,13H,3-7H2,1-2H3,(H,14,17). The minimum Gasteiger partial charge on any atom is -0.353 e. The molecule has 6 heteroatoms. The Morgan fingerprint density at radius 2 is 2.28 bits per heavy atom. The third-order valence-electron chi connectivity index (χ3n) is 2.97. The number of aryl methyl sites for hydroxylation is 1. The maximum absolute atomic E-state index is 11.6. The van der Waals surface area contributed by atoms with Gasteiger partial charge < -0.3 is 15.2 Å². The van der Waals surface area contributed by atoms with E-state index in [1.807, 2.05) is 0 Å². The third kappa shape index (κ3) is 3.53. The van der Waals surface area contributed by atoms with Gasteiger partial charge >= 0.3 is 0 Å². The summed E-state index contributed by atoms with van der Waals surface area (Å²) in [5.74, 6) is 1.89. The van der Waals surface area contributed by atoms with Crippen molar-refractivity contribution in [1.29, 1.82) is 0 Å². The van der Waals surface area contributed by atoms with Gasteiger partial charge in [0.15, 0.2) is 5.82 Å². The van der Waals surface area contributed by atoms with Gasteiger partial charge in [-0.1, -0.05) is 19.0 Å². The van der Waals surface area contributed by atoms with Crippen molar-refractivity contribution < 1.29 is 9.32 Å². The molecule has 2 heterocycles. The maximum atomic E-state index is 11.6. The van der Waals surface area contributed by atoms with Crippen molar-refractivity contribution in [2.75, 3.05) is 13.1 Å². The van der Waals surface area contributed by atoms with Crippen LogP contribution in [0.1, 0.15) is 32.0 Å². The molecule has 0 aliphatic carbocycles. The molecule has 0 bridgehead atoms. The van der Waals surface area contributed by atoms with Crippen LogP contribution in [0, 0.1) is 5.92 Å². The predicted molar refractivity (Wildman–Crippen MR) is 66.0 cm³/mol. The van der Waals surface area contributed by atoms with Crippen LogP contribution in [0.5, 0.6) is 0 Å². The number of piperazine rings is 1. The molecule has 2 rings (SSSR count). The number of nitrogens with zero attached hydrogens (tertiary/aromatic N) is 2. The molecule has 1 fully saturated rings. The van der Waals surface area contributed by atoms with Gasteiger partial charge in [-0.25, -0.2) is 0 Å². The lowest BCUT2D eigenvalue weighted by Gasteiger charge is -2.21. The van der Waals surface area contributed by atoms with E-state index < -0.39 is 0 Å². The summed E-state index contributed by atoms with van der Waals surface area (Å²) in [5, 5.41) is 9.88. The highest BCUT2D eigenvalue weighted by atomic mass is 16.5. The lowest BCUT2D eigenvalue weighted by Crippen LogP contribution is -2.53. The van der Waals surface area contributed by atoms with Crippen LogP contribution >= 0.6 is 0 Å². The van der Waals surface area contributed by atoms with Crippen LogP contribution in [0.25, 0.3) is 0 Å². The van der Waals surface area contributed by atoms with Gasteiger partial charge in [-0.2, -0.15) is 4.98 Å². The second-order valence-electron chi connectivity index (χ2n) is 5.04. The van der Waals surface area contributed by atoms with Crippen molar-refractivity contribution in [2.24, 2.45) is 5.92 Å². The molecule has 6 nitrogen and oxygen atoms in total. The Hall–Kier alpha value is -1.43. The van der Waals surface area contributed by atoms with E-state index in [2.05, 4.69) is 34.6 Å². The molecule has 1 aliphatic heterocycles. The van der Waals surface area contributed by atoms with Crippen LogP contribution in [0.4, 0.5) is 0 Å². The van der Waals surface area contributed by atoms with Crippen molar-refractivity contribution in [3.63, 3.8) is 0 Å². The van der Waals surface area contributed by atoms with Crippen molar-refractivity contribution >= 4 is 5.91 Å². The fourth-order valence-corrected chi connectivity index (χ4v) is 1.88. The molecule has 2 N–H and O–H groups in total. The molecule has 18 heavy (non-hydrogen) atoms. The lowest BCUT2D eigenvalue weighted by atomic mass is 10.1. The minimum atomic E-state index is -0.253. The number of carbonyl (C=O) groups is 1. The highest BCUT2D eigenvalue weighted by molar-refractivity contribution is 5.82. The highest BCUT2D eigenvalue weighted by Gasteiger charge is 2.24. The molecule has 1 aromatic heterocycles. The van der Waals surface area contributed by atoms with E-state index in [-0.39, 0.29) is 11.9 Å². The smallest absolute Gasteiger partial charge is 0.237 e. The van der Waals surface area contributed by atoms with Gasteiger partial charge in [-0.3, -0.25) is 4.79 Å². The quantitative estimate of drug-likeness (QED) is 0.787. The van der Waals surface area contributed by atoms with E-state index in [1.54, 1.807) is 0 Å². The summed E-state index contributed by atoms with van der Waals surface area (Å²) in [7, 11) is 0. The minimum absolute atomic E-state index is 0.00294. The Morgan fingerprint density at radius 1 is 1.44 bits per heavy atom. The second kappa shape index (κ2) is 5.95. The average molecular weight is 252 g/mol. The van der Waals surface area contributed by atoms with E-state index in [0.29, 0.717) is 24.8 Å². The largest absolute Gasteiger partial charge is 0.353 e. The molecule has 1 atom stereocenters. The van der Waals surface area contributed by atoms with Crippen molar-refractivity contribution in [3.05, 3.63) is 11.7 Å². The van der Waals surface area contributed by atoms with Crippen LogP contribution in [-0.4, -0.2) is 35.2 Å². The lowest BCUT2D eigenvalue weighted by molar-refractivity contribution is -0.124. The van der Waals surface area contributed by atoms with Gasteiger partial charge in [0, 0.05) is 19.5 Å². The SMILES string of the molecule is CC(C)CCc1noc(CC2NCCNC2=O)n1. The van der Waals surface area contributed by atoms with Crippen LogP contribution < -0.4 is 10.6 Å². The molecule has 1 aliphatic rings. The van der Waals surface area contributed by atoms with Gasteiger partial charge in [-0.05, 0) is 12.3 Å². The van der Waals surface area contributed by atoms with Crippen LogP contribution in [-0.2, 0) is 17.6 Å². The molecule has 0 saturated carbocycles. The average Bonchev–Trinajstić information content (AvgIpc) is 2.77. The zero-order valence-corrected chi connectivity index (χ0v) is 10.9. The Balaban J connectivity index is 1.87. The first-order valence-electron chi connectivity index (χ1n) is 6.47. The summed E-state index contributed by atoms with van der Waals surface area (Å²) in [6.45, 7) is 5.79. The molecule has 0 aromatic carbocycles. The molecular weight excluding hydrogens is 232 g/mol. The zero-order chi connectivity index (χ0) is 13.0. The fraction of sp³-hybridized carbons (Fsp3) is 0.750. The first-order chi connectivity index (χ1) is 8.65. The highest BCUT2D eigenvalue weighted by Crippen LogP contribution is 2.08. The summed E-state index contributed by atoms with van der Waals surface area (Å²) in [5.41, 5.74) is 0. The first kappa shape index (κ1) is 13.0. The number of carbonyl (C=O) groups excluding carboxylic acids is 1. The van der Waals surface area contributed by atoms with E-state index >= 15 is 0 Å². The number of aromatic nitrogens is 2. The molecule has 1 aromatic rings. The number of nitrogens with one attached hydrogen (secondary N) is 2. The summed E-state index contributed by atoms with van der Waals surface area (Å²) in [6, 6.07) is -0.253. The Labute approximate surface area is 107 Å². The van der Waals surface area contributed by atoms with Crippen LogP contribution in [0.3, 0.4) is 0 Å². The van der Waals surface area contributed by atoms with Crippen molar-refractivity contribution in [3.8, 4) is 0 Å². The molecule has 100 valence electrons. The first-order valence-corrected chi connectivity index (χ1v) is 6.47. The fourth-order valence-electron chi connectivity index (χ4n) is 1.88. The number of hydrogen-bond acceptors (Lipinski definition) is 5. The van der Waals surface area contributed by atoms with Crippen LogP contribution in [0.2, 0.25) is 0 Å². The Bertz CT molecular complexity index is 403. The molecule has 0 spiro atoms. The number of rotatable bonds is 5. The normalized spacial score (nSPS) is 20.2. The predicted octanol–water partition coefficient (Wildman–Crippen LogP) is 0.289. The molecular formula is C12H20N4O2. The Kier molecular flexibility index (Phi) is 4.30. The molecule has 1 saturated heterocycles. The van der Waals surface area contributed by atoms with E-state index in [0.717, 1.165) is 25.2 Å². The monoisotopic (exact) mass is 252 g/mol. The maximum Gasteiger partial charge on any atom is 0.237 e. The van der Waals surface area contributed by atoms with Crippen molar-refractivity contribution in [2.45, 2.75) is 39.2 Å². The van der Waals surface area contributed by atoms with Crippen molar-refractivity contribution in [1.82, 2.24) is 20.8 Å². The van der Waals surface area contributed by atoms with Crippen LogP contribution in [0.15, 0.2) is 4.52 Å². The molecule has 1 amide bonds. The Morgan fingerprint density at radius 3 is 3.00 bits per heavy atom. The van der Waals surface area contributed by atoms with E-state index in [4.69, 9.17) is 4.52 Å². The second-order valence-corrected chi connectivity index (χ2v) is 5.04.